The molecule has 8 rings (SSSR count). The molecular formula is C43H28N4O11. The SMILES string of the molecule is O=C(O)c1ccc(C(=O)O)c(-c2c3ccc(=O)c(CNc4cccc5ccc(C(=O)O)nc45)c-3oc3c(CNc4cccc5ccc(C(=O)O)nc45)c(O)ccc23)c1. The molecule has 7 N–H and O–H groups in total. The molecule has 2 aromatic heterocycles. The third-order valence-corrected chi connectivity index (χ3v) is 9.75. The highest BCUT2D eigenvalue weighted by atomic mass is 16.4. The highest BCUT2D eigenvalue weighted by Crippen LogP contribution is 2.45. The summed E-state index contributed by atoms with van der Waals surface area (Å²) >= 11 is 0. The van der Waals surface area contributed by atoms with Gasteiger partial charge in [0.15, 0.2) is 5.43 Å². The van der Waals surface area contributed by atoms with Crippen molar-refractivity contribution in [1.82, 2.24) is 9.97 Å². The molecule has 0 unspecified atom stereocenters. The lowest BCUT2D eigenvalue weighted by Gasteiger charge is -2.21. The average Bonchev–Trinajstić information content (AvgIpc) is 3.21. The predicted octanol–water partition coefficient (Wildman–Crippen LogP) is 7.38. The smallest absolute Gasteiger partial charge is 0.354 e. The van der Waals surface area contributed by atoms with Crippen molar-refractivity contribution in [2.75, 3.05) is 10.6 Å². The maximum Gasteiger partial charge on any atom is 0.354 e. The molecule has 58 heavy (non-hydrogen) atoms. The molecular weight excluding hydrogens is 748 g/mol. The summed E-state index contributed by atoms with van der Waals surface area (Å²) in [6.07, 6.45) is 0. The second-order valence-corrected chi connectivity index (χ2v) is 13.2. The first-order chi connectivity index (χ1) is 27.9. The number of anilines is 2. The van der Waals surface area contributed by atoms with Crippen LogP contribution in [0.4, 0.5) is 11.4 Å². The van der Waals surface area contributed by atoms with E-state index in [2.05, 4.69) is 20.6 Å². The summed E-state index contributed by atoms with van der Waals surface area (Å²) in [6, 6.07) is 25.4. The summed E-state index contributed by atoms with van der Waals surface area (Å²) in [6.45, 7) is -0.335. The Labute approximate surface area is 325 Å². The van der Waals surface area contributed by atoms with Gasteiger partial charge in [-0.1, -0.05) is 36.4 Å². The number of fused-ring (bicyclic) bond motifs is 4. The molecule has 15 heteroatoms. The summed E-state index contributed by atoms with van der Waals surface area (Å²) in [7, 11) is 0. The lowest BCUT2D eigenvalue weighted by atomic mass is 9.87. The van der Waals surface area contributed by atoms with E-state index in [4.69, 9.17) is 4.42 Å². The Morgan fingerprint density at radius 3 is 1.78 bits per heavy atom. The lowest BCUT2D eigenvalue weighted by Crippen LogP contribution is -2.15. The van der Waals surface area contributed by atoms with Gasteiger partial charge in [0.2, 0.25) is 0 Å². The van der Waals surface area contributed by atoms with Crippen LogP contribution in [0.5, 0.6) is 5.75 Å². The third kappa shape index (κ3) is 6.47. The second kappa shape index (κ2) is 14.4. The first kappa shape index (κ1) is 36.6. The molecule has 2 aliphatic rings. The first-order valence-electron chi connectivity index (χ1n) is 17.5. The maximum absolute atomic E-state index is 13.8. The highest BCUT2D eigenvalue weighted by Gasteiger charge is 2.27. The van der Waals surface area contributed by atoms with Crippen LogP contribution in [0.1, 0.15) is 52.8 Å². The number of phenolic OH excluding ortho intramolecular Hbond substituents is 1. The van der Waals surface area contributed by atoms with E-state index < -0.39 is 29.3 Å². The minimum absolute atomic E-state index is 0.000681. The molecule has 4 aromatic carbocycles. The van der Waals surface area contributed by atoms with Gasteiger partial charge in [-0.05, 0) is 72.3 Å². The van der Waals surface area contributed by atoms with Gasteiger partial charge in [-0.25, -0.2) is 29.1 Å². The molecule has 0 atom stereocenters. The van der Waals surface area contributed by atoms with Gasteiger partial charge < -0.3 is 40.6 Å². The van der Waals surface area contributed by atoms with Crippen molar-refractivity contribution in [2.45, 2.75) is 13.1 Å². The Hall–Kier alpha value is -8.33. The molecule has 0 saturated carbocycles. The molecule has 3 heterocycles. The van der Waals surface area contributed by atoms with Crippen LogP contribution in [0.15, 0.2) is 112 Å². The number of hydrogen-bond donors (Lipinski definition) is 7. The van der Waals surface area contributed by atoms with Crippen molar-refractivity contribution in [3.63, 3.8) is 0 Å². The number of phenols is 1. The van der Waals surface area contributed by atoms with E-state index in [1.54, 1.807) is 48.5 Å². The quantitative estimate of drug-likeness (QED) is 0.0633. The number of carboxylic acids is 4. The van der Waals surface area contributed by atoms with E-state index in [-0.39, 0.29) is 85.9 Å². The Kier molecular flexibility index (Phi) is 9.09. The van der Waals surface area contributed by atoms with Crippen LogP contribution in [0.25, 0.3) is 55.2 Å². The number of aromatic hydroxyl groups is 1. The Bertz CT molecular complexity index is 3090. The van der Waals surface area contributed by atoms with Gasteiger partial charge in [0.1, 0.15) is 28.5 Å². The van der Waals surface area contributed by atoms with Crippen molar-refractivity contribution in [3.05, 3.63) is 147 Å². The highest BCUT2D eigenvalue weighted by molar-refractivity contribution is 6.10. The van der Waals surface area contributed by atoms with Crippen LogP contribution in [-0.4, -0.2) is 59.4 Å². The Morgan fingerprint density at radius 2 is 1.21 bits per heavy atom. The van der Waals surface area contributed by atoms with Gasteiger partial charge in [-0.2, -0.15) is 0 Å². The number of para-hydroxylation sites is 2. The fraction of sp³-hybridized carbons (Fsp3) is 0.0465. The summed E-state index contributed by atoms with van der Waals surface area (Å²) in [5, 5.41) is 58.7. The van der Waals surface area contributed by atoms with Gasteiger partial charge in [0.25, 0.3) is 0 Å². The molecule has 1 aliphatic heterocycles. The molecule has 286 valence electrons. The fourth-order valence-corrected chi connectivity index (χ4v) is 6.99. The van der Waals surface area contributed by atoms with E-state index in [9.17, 15) is 49.5 Å². The average molecular weight is 777 g/mol. The molecule has 1 aliphatic carbocycles. The standard InChI is InChI=1S/C43H28N4O11/c48-33-15-11-24-35(26-17-22(40(50)51)7-10-23(26)41(52)53)25-12-16-34(49)28(19-45-30-6-2-4-21-9-14-32(43(56)57)47-37(21)30)39(25)58-38(24)27(33)18-44-29-5-1-3-20-8-13-31(42(54)55)46-36(20)29/h1-17,44-45,48H,18-19H2,(H,50,51)(H,52,53)(H,54,55)(H,56,57). The molecule has 0 bridgehead atoms. The second-order valence-electron chi connectivity index (χ2n) is 13.2. The number of pyridine rings is 2. The number of nitrogens with zero attached hydrogens (tertiary/aromatic N) is 2. The summed E-state index contributed by atoms with van der Waals surface area (Å²) in [5.41, 5.74) is 0.874. The zero-order chi connectivity index (χ0) is 40.8. The topological polar surface area (TPSA) is 249 Å². The number of hydrogen-bond acceptors (Lipinski definition) is 11. The van der Waals surface area contributed by atoms with Crippen molar-refractivity contribution in [1.29, 1.82) is 0 Å². The van der Waals surface area contributed by atoms with Crippen molar-refractivity contribution in [2.24, 2.45) is 0 Å². The van der Waals surface area contributed by atoms with Crippen LogP contribution < -0.4 is 16.1 Å². The van der Waals surface area contributed by atoms with Crippen LogP contribution in [0, 0.1) is 0 Å². The minimum Gasteiger partial charge on any atom is -0.507 e. The monoisotopic (exact) mass is 776 g/mol. The maximum atomic E-state index is 13.8. The van der Waals surface area contributed by atoms with Crippen molar-refractivity contribution in [3.8, 4) is 28.2 Å². The predicted molar refractivity (Wildman–Crippen MR) is 212 cm³/mol. The van der Waals surface area contributed by atoms with Gasteiger partial charge >= 0.3 is 23.9 Å². The zero-order valence-corrected chi connectivity index (χ0v) is 29.8. The number of aromatic carboxylic acids is 4. The number of carboxylic acid groups (broad SMARTS) is 4. The van der Waals surface area contributed by atoms with Crippen LogP contribution in [0.3, 0.4) is 0 Å². The number of rotatable bonds is 11. The van der Waals surface area contributed by atoms with Gasteiger partial charge in [0, 0.05) is 40.4 Å². The van der Waals surface area contributed by atoms with E-state index in [1.807, 2.05) is 0 Å². The fourth-order valence-electron chi connectivity index (χ4n) is 6.99. The molecule has 0 radical (unpaired) electrons. The van der Waals surface area contributed by atoms with Crippen LogP contribution >= 0.6 is 0 Å². The van der Waals surface area contributed by atoms with E-state index >= 15 is 0 Å². The lowest BCUT2D eigenvalue weighted by molar-refractivity contribution is 0.0680. The summed E-state index contributed by atoms with van der Waals surface area (Å²) < 4.78 is 6.57. The van der Waals surface area contributed by atoms with Crippen LogP contribution in [-0.2, 0) is 13.1 Å². The van der Waals surface area contributed by atoms with E-state index in [0.29, 0.717) is 33.2 Å². The zero-order valence-electron chi connectivity index (χ0n) is 29.8. The Morgan fingerprint density at radius 1 is 0.603 bits per heavy atom. The largest absolute Gasteiger partial charge is 0.507 e. The normalized spacial score (nSPS) is 11.2. The van der Waals surface area contributed by atoms with Crippen molar-refractivity contribution < 1.29 is 49.1 Å². The van der Waals surface area contributed by atoms with E-state index in [1.165, 1.54) is 54.6 Å². The minimum atomic E-state index is -1.36. The van der Waals surface area contributed by atoms with Crippen molar-refractivity contribution >= 4 is 68.0 Å². The molecule has 15 nitrogen and oxygen atoms in total. The summed E-state index contributed by atoms with van der Waals surface area (Å²) in [4.78, 5) is 70.7. The van der Waals surface area contributed by atoms with Gasteiger partial charge in [-0.15, -0.1) is 0 Å². The molecule has 0 fully saturated rings. The van der Waals surface area contributed by atoms with E-state index in [0.717, 1.165) is 0 Å². The molecule has 0 saturated heterocycles. The molecule has 0 spiro atoms. The summed E-state index contributed by atoms with van der Waals surface area (Å²) in [5.74, 6) is -5.38. The number of nitrogens with one attached hydrogen (secondary N) is 2. The van der Waals surface area contributed by atoms with Gasteiger partial charge in [-0.3, -0.25) is 4.79 Å². The Balaban J connectivity index is 1.34. The first-order valence-corrected chi connectivity index (χ1v) is 17.5. The third-order valence-electron chi connectivity index (χ3n) is 9.75. The number of aromatic nitrogens is 2. The number of carbonyl (C=O) groups is 4. The molecule has 6 aromatic rings. The van der Waals surface area contributed by atoms with Gasteiger partial charge in [0.05, 0.1) is 44.7 Å². The van der Waals surface area contributed by atoms with Crippen LogP contribution in [0.2, 0.25) is 0 Å². The molecule has 0 amide bonds. The number of benzene rings is 5.